The van der Waals surface area contributed by atoms with Gasteiger partial charge in [-0.2, -0.15) is 0 Å². The first kappa shape index (κ1) is 16.3. The zero-order valence-electron chi connectivity index (χ0n) is 12.8. The van der Waals surface area contributed by atoms with E-state index in [2.05, 4.69) is 20.8 Å². The largest absolute Gasteiger partial charge is 0.461 e. The number of esters is 1. The van der Waals surface area contributed by atoms with E-state index in [1.807, 2.05) is 38.2 Å². The van der Waals surface area contributed by atoms with Crippen molar-refractivity contribution in [1.29, 1.82) is 0 Å². The Morgan fingerprint density at radius 1 is 1.32 bits per heavy atom. The third-order valence-corrected chi connectivity index (χ3v) is 4.06. The quantitative estimate of drug-likeness (QED) is 0.582. The van der Waals surface area contributed by atoms with E-state index in [1.54, 1.807) is 11.5 Å². The Hall–Kier alpha value is -2.06. The van der Waals surface area contributed by atoms with Crippen LogP contribution in [-0.4, -0.2) is 17.1 Å². The Balaban J connectivity index is 2.77. The lowest BCUT2D eigenvalue weighted by atomic mass is 10.0. The SMILES string of the molecule is [C-]#[N+]c1c(-c2ccc(Br)cc2)c(C(=O)OCC)n(C)c1CC. The van der Waals surface area contributed by atoms with Crippen molar-refractivity contribution in [1.82, 2.24) is 4.57 Å². The van der Waals surface area contributed by atoms with E-state index in [-0.39, 0.29) is 0 Å². The molecule has 1 aromatic carbocycles. The van der Waals surface area contributed by atoms with Crippen LogP contribution in [-0.2, 0) is 18.2 Å². The molecule has 0 radical (unpaired) electrons. The van der Waals surface area contributed by atoms with Gasteiger partial charge < -0.3 is 9.30 Å². The predicted octanol–water partition coefficient (Wildman–Crippen LogP) is 4.74. The summed E-state index contributed by atoms with van der Waals surface area (Å²) in [6, 6.07) is 7.60. The fourth-order valence-corrected chi connectivity index (χ4v) is 2.84. The molecule has 0 unspecified atom stereocenters. The van der Waals surface area contributed by atoms with Crippen LogP contribution in [0.5, 0.6) is 0 Å². The van der Waals surface area contributed by atoms with Crippen LogP contribution in [0.4, 0.5) is 5.69 Å². The standard InChI is InChI=1S/C17H17BrN2O2/c1-5-13-15(19-3)14(11-7-9-12(18)10-8-11)16(20(13)4)17(21)22-6-2/h7-10H,5-6H2,1-2,4H3. The van der Waals surface area contributed by atoms with Gasteiger partial charge in [-0.3, -0.25) is 0 Å². The van der Waals surface area contributed by atoms with E-state index in [1.165, 1.54) is 0 Å². The molecular formula is C17H17BrN2O2. The maximum absolute atomic E-state index is 12.4. The van der Waals surface area contributed by atoms with Crippen LogP contribution in [0.2, 0.25) is 0 Å². The van der Waals surface area contributed by atoms with Crippen molar-refractivity contribution >= 4 is 27.6 Å². The van der Waals surface area contributed by atoms with Crippen molar-refractivity contribution in [2.24, 2.45) is 7.05 Å². The maximum Gasteiger partial charge on any atom is 0.354 e. The molecule has 0 aliphatic heterocycles. The fourth-order valence-electron chi connectivity index (χ4n) is 2.57. The van der Waals surface area contributed by atoms with Gasteiger partial charge in [0.15, 0.2) is 0 Å². The minimum absolute atomic E-state index is 0.304. The monoisotopic (exact) mass is 360 g/mol. The third-order valence-electron chi connectivity index (χ3n) is 3.54. The summed E-state index contributed by atoms with van der Waals surface area (Å²) >= 11 is 3.40. The van der Waals surface area contributed by atoms with Crippen molar-refractivity contribution in [3.8, 4) is 11.1 Å². The van der Waals surface area contributed by atoms with Crippen LogP contribution < -0.4 is 0 Å². The minimum atomic E-state index is -0.396. The number of carbonyl (C=O) groups excluding carboxylic acids is 1. The topological polar surface area (TPSA) is 35.6 Å². The first-order valence-corrected chi connectivity index (χ1v) is 7.86. The van der Waals surface area contributed by atoms with E-state index in [4.69, 9.17) is 11.3 Å². The van der Waals surface area contributed by atoms with Crippen LogP contribution >= 0.6 is 15.9 Å². The molecule has 0 atom stereocenters. The van der Waals surface area contributed by atoms with Crippen molar-refractivity contribution in [3.05, 3.63) is 51.5 Å². The fraction of sp³-hybridized carbons (Fsp3) is 0.294. The lowest BCUT2D eigenvalue weighted by Crippen LogP contribution is -2.12. The molecule has 22 heavy (non-hydrogen) atoms. The molecule has 0 spiro atoms. The van der Waals surface area contributed by atoms with E-state index < -0.39 is 5.97 Å². The van der Waals surface area contributed by atoms with Crippen LogP contribution in [0.3, 0.4) is 0 Å². The minimum Gasteiger partial charge on any atom is -0.461 e. The lowest BCUT2D eigenvalue weighted by molar-refractivity contribution is 0.0516. The second-order valence-electron chi connectivity index (χ2n) is 4.77. The summed E-state index contributed by atoms with van der Waals surface area (Å²) in [5.41, 5.74) is 3.30. The summed E-state index contributed by atoms with van der Waals surface area (Å²) in [7, 11) is 1.81. The summed E-state index contributed by atoms with van der Waals surface area (Å²) in [6.45, 7) is 11.6. The number of halogens is 1. The summed E-state index contributed by atoms with van der Waals surface area (Å²) in [5, 5.41) is 0. The van der Waals surface area contributed by atoms with Crippen LogP contribution in [0, 0.1) is 6.57 Å². The van der Waals surface area contributed by atoms with Gasteiger partial charge in [-0.1, -0.05) is 35.0 Å². The molecule has 0 N–H and O–H groups in total. The smallest absolute Gasteiger partial charge is 0.354 e. The number of hydrogen-bond donors (Lipinski definition) is 0. The van der Waals surface area contributed by atoms with Gasteiger partial charge in [-0.25, -0.2) is 9.64 Å². The number of carbonyl (C=O) groups is 1. The lowest BCUT2D eigenvalue weighted by Gasteiger charge is -2.09. The number of aromatic nitrogens is 1. The summed E-state index contributed by atoms with van der Waals surface area (Å²) in [6.07, 6.45) is 0.678. The van der Waals surface area contributed by atoms with Crippen molar-refractivity contribution in [2.75, 3.05) is 6.61 Å². The highest BCUT2D eigenvalue weighted by Crippen LogP contribution is 2.40. The molecule has 2 aromatic rings. The molecule has 0 aliphatic carbocycles. The number of nitrogens with zero attached hydrogens (tertiary/aromatic N) is 2. The normalized spacial score (nSPS) is 10.3. The summed E-state index contributed by atoms with van der Waals surface area (Å²) in [5.74, 6) is -0.396. The highest BCUT2D eigenvalue weighted by molar-refractivity contribution is 9.10. The first-order chi connectivity index (χ1) is 10.5. The van der Waals surface area contributed by atoms with Gasteiger partial charge in [0.25, 0.3) is 0 Å². The van der Waals surface area contributed by atoms with Crippen LogP contribution in [0.15, 0.2) is 28.7 Å². The van der Waals surface area contributed by atoms with Crippen molar-refractivity contribution in [2.45, 2.75) is 20.3 Å². The second kappa shape index (κ2) is 6.80. The number of rotatable bonds is 4. The average molecular weight is 361 g/mol. The number of hydrogen-bond acceptors (Lipinski definition) is 2. The Labute approximate surface area is 138 Å². The molecule has 0 amide bonds. The molecule has 0 saturated carbocycles. The van der Waals surface area contributed by atoms with Gasteiger partial charge in [0, 0.05) is 22.8 Å². The van der Waals surface area contributed by atoms with Gasteiger partial charge in [-0.15, -0.1) is 0 Å². The average Bonchev–Trinajstić information content (AvgIpc) is 2.80. The molecule has 1 heterocycles. The van der Waals surface area contributed by atoms with Crippen LogP contribution in [0.25, 0.3) is 16.0 Å². The highest BCUT2D eigenvalue weighted by Gasteiger charge is 2.26. The molecule has 0 saturated heterocycles. The molecule has 0 fully saturated rings. The molecule has 114 valence electrons. The number of ether oxygens (including phenoxy) is 1. The van der Waals surface area contributed by atoms with Crippen molar-refractivity contribution in [3.63, 3.8) is 0 Å². The Morgan fingerprint density at radius 3 is 2.45 bits per heavy atom. The maximum atomic E-state index is 12.4. The summed E-state index contributed by atoms with van der Waals surface area (Å²) in [4.78, 5) is 16.0. The van der Waals surface area contributed by atoms with Gasteiger partial charge in [0.1, 0.15) is 5.69 Å². The Bertz CT molecular complexity index is 739. The van der Waals surface area contributed by atoms with Crippen molar-refractivity contribution < 1.29 is 9.53 Å². The predicted molar refractivity (Wildman–Crippen MR) is 90.1 cm³/mol. The zero-order valence-corrected chi connectivity index (χ0v) is 14.4. The van der Waals surface area contributed by atoms with E-state index in [0.29, 0.717) is 30.0 Å². The second-order valence-corrected chi connectivity index (χ2v) is 5.69. The van der Waals surface area contributed by atoms with E-state index >= 15 is 0 Å². The molecule has 0 bridgehead atoms. The van der Waals surface area contributed by atoms with Gasteiger partial charge in [-0.05, 0) is 31.0 Å². The van der Waals surface area contributed by atoms with Crippen LogP contribution in [0.1, 0.15) is 30.0 Å². The zero-order chi connectivity index (χ0) is 16.3. The molecule has 2 rings (SSSR count). The summed E-state index contributed by atoms with van der Waals surface area (Å²) < 4.78 is 7.91. The van der Waals surface area contributed by atoms with Gasteiger partial charge in [0.05, 0.1) is 13.2 Å². The molecule has 1 aromatic heterocycles. The van der Waals surface area contributed by atoms with E-state index in [0.717, 1.165) is 15.7 Å². The highest BCUT2D eigenvalue weighted by atomic mass is 79.9. The third kappa shape index (κ3) is 2.79. The van der Waals surface area contributed by atoms with Gasteiger partial charge in [0.2, 0.25) is 5.69 Å². The Kier molecular flexibility index (Phi) is 5.04. The molecule has 4 nitrogen and oxygen atoms in total. The molecular weight excluding hydrogens is 344 g/mol. The Morgan fingerprint density at radius 2 is 1.95 bits per heavy atom. The van der Waals surface area contributed by atoms with Gasteiger partial charge >= 0.3 is 5.97 Å². The number of benzene rings is 1. The van der Waals surface area contributed by atoms with E-state index in [9.17, 15) is 4.79 Å². The first-order valence-electron chi connectivity index (χ1n) is 7.07. The molecule has 0 aliphatic rings. The molecule has 5 heteroatoms.